The molecule has 0 unspecified atom stereocenters. The van der Waals surface area contributed by atoms with Crippen molar-refractivity contribution in [2.24, 2.45) is 0 Å². The maximum atomic E-state index is 11.1. The summed E-state index contributed by atoms with van der Waals surface area (Å²) < 4.78 is 0. The standard InChI is InChI=1S/C10H13N3O3/c1-11-6-9(14)13-5-7-2-3-8(10(15)16)12-4-7/h2-4,11H,5-6H2,1H3,(H,13,14)(H,15,16). The molecule has 0 saturated heterocycles. The van der Waals surface area contributed by atoms with Crippen LogP contribution in [0, 0.1) is 0 Å². The van der Waals surface area contributed by atoms with E-state index >= 15 is 0 Å². The fraction of sp³-hybridized carbons (Fsp3) is 0.300. The number of hydrogen-bond acceptors (Lipinski definition) is 4. The number of carboxylic acid groups (broad SMARTS) is 1. The largest absolute Gasteiger partial charge is 0.477 e. The van der Waals surface area contributed by atoms with E-state index in [1.807, 2.05) is 0 Å². The third-order valence-electron chi connectivity index (χ3n) is 1.87. The quantitative estimate of drug-likeness (QED) is 0.632. The van der Waals surface area contributed by atoms with Crippen LogP contribution in [0.15, 0.2) is 18.3 Å². The Labute approximate surface area is 92.7 Å². The SMILES string of the molecule is CNCC(=O)NCc1ccc(C(=O)O)nc1. The molecule has 0 aliphatic heterocycles. The number of aromatic carboxylic acids is 1. The lowest BCUT2D eigenvalue weighted by molar-refractivity contribution is -0.120. The molecule has 3 N–H and O–H groups in total. The van der Waals surface area contributed by atoms with Gasteiger partial charge in [0.05, 0.1) is 6.54 Å². The van der Waals surface area contributed by atoms with Gasteiger partial charge in [0.2, 0.25) is 5.91 Å². The molecule has 0 spiro atoms. The van der Waals surface area contributed by atoms with Crippen LogP contribution in [0.2, 0.25) is 0 Å². The number of carboxylic acids is 1. The van der Waals surface area contributed by atoms with E-state index in [0.717, 1.165) is 5.56 Å². The van der Waals surface area contributed by atoms with E-state index in [1.165, 1.54) is 12.3 Å². The number of likely N-dealkylation sites (N-methyl/N-ethyl adjacent to an activating group) is 1. The van der Waals surface area contributed by atoms with Crippen LogP contribution in [0.3, 0.4) is 0 Å². The first-order valence-corrected chi connectivity index (χ1v) is 4.73. The van der Waals surface area contributed by atoms with Crippen LogP contribution < -0.4 is 10.6 Å². The summed E-state index contributed by atoms with van der Waals surface area (Å²) in [5.41, 5.74) is 0.750. The van der Waals surface area contributed by atoms with E-state index < -0.39 is 5.97 Å². The lowest BCUT2D eigenvalue weighted by Gasteiger charge is -2.04. The lowest BCUT2D eigenvalue weighted by Crippen LogP contribution is -2.31. The Hall–Kier alpha value is -1.95. The number of aromatic nitrogens is 1. The Balaban J connectivity index is 2.49. The molecule has 0 fully saturated rings. The molecule has 0 radical (unpaired) electrons. The molecule has 0 aromatic carbocycles. The van der Waals surface area contributed by atoms with Gasteiger partial charge in [0.15, 0.2) is 0 Å². The van der Waals surface area contributed by atoms with Gasteiger partial charge in [0.25, 0.3) is 0 Å². The summed E-state index contributed by atoms with van der Waals surface area (Å²) in [7, 11) is 1.68. The second kappa shape index (κ2) is 5.82. The molecule has 1 amide bonds. The maximum Gasteiger partial charge on any atom is 0.354 e. The third-order valence-corrected chi connectivity index (χ3v) is 1.87. The number of carbonyl (C=O) groups excluding carboxylic acids is 1. The number of amides is 1. The van der Waals surface area contributed by atoms with Crippen molar-refractivity contribution in [2.75, 3.05) is 13.6 Å². The molecule has 1 aromatic rings. The van der Waals surface area contributed by atoms with E-state index in [1.54, 1.807) is 13.1 Å². The summed E-state index contributed by atoms with van der Waals surface area (Å²) >= 11 is 0. The Kier molecular flexibility index (Phi) is 4.41. The molecule has 16 heavy (non-hydrogen) atoms. The number of nitrogens with one attached hydrogen (secondary N) is 2. The van der Waals surface area contributed by atoms with E-state index in [9.17, 15) is 9.59 Å². The van der Waals surface area contributed by atoms with Gasteiger partial charge in [-0.25, -0.2) is 9.78 Å². The van der Waals surface area contributed by atoms with Crippen molar-refractivity contribution in [1.29, 1.82) is 0 Å². The van der Waals surface area contributed by atoms with Gasteiger partial charge < -0.3 is 15.7 Å². The second-order valence-electron chi connectivity index (χ2n) is 3.16. The Morgan fingerprint density at radius 3 is 2.69 bits per heavy atom. The van der Waals surface area contributed by atoms with Crippen molar-refractivity contribution >= 4 is 11.9 Å². The molecule has 0 atom stereocenters. The normalized spacial score (nSPS) is 9.81. The van der Waals surface area contributed by atoms with Crippen molar-refractivity contribution in [3.63, 3.8) is 0 Å². The summed E-state index contributed by atoms with van der Waals surface area (Å²) in [5, 5.41) is 14.0. The van der Waals surface area contributed by atoms with Crippen molar-refractivity contribution in [1.82, 2.24) is 15.6 Å². The van der Waals surface area contributed by atoms with Gasteiger partial charge in [-0.2, -0.15) is 0 Å². The van der Waals surface area contributed by atoms with Crippen LogP contribution >= 0.6 is 0 Å². The minimum atomic E-state index is -1.06. The second-order valence-corrected chi connectivity index (χ2v) is 3.16. The first-order chi connectivity index (χ1) is 7.63. The first kappa shape index (κ1) is 12.1. The molecule has 6 heteroatoms. The summed E-state index contributed by atoms with van der Waals surface area (Å²) in [6.07, 6.45) is 1.43. The summed E-state index contributed by atoms with van der Waals surface area (Å²) in [5.74, 6) is -1.18. The van der Waals surface area contributed by atoms with Gasteiger partial charge in [0, 0.05) is 12.7 Å². The average Bonchev–Trinajstić information content (AvgIpc) is 2.27. The van der Waals surface area contributed by atoms with E-state index in [0.29, 0.717) is 6.54 Å². The highest BCUT2D eigenvalue weighted by Crippen LogP contribution is 1.99. The highest BCUT2D eigenvalue weighted by Gasteiger charge is 2.04. The Morgan fingerprint density at radius 2 is 2.19 bits per heavy atom. The molecular weight excluding hydrogens is 210 g/mol. The van der Waals surface area contributed by atoms with Crippen molar-refractivity contribution in [2.45, 2.75) is 6.54 Å². The molecule has 1 aromatic heterocycles. The maximum absolute atomic E-state index is 11.1. The Bertz CT molecular complexity index is 375. The molecule has 0 aliphatic carbocycles. The highest BCUT2D eigenvalue weighted by molar-refractivity contribution is 5.85. The fourth-order valence-electron chi connectivity index (χ4n) is 1.08. The molecule has 0 bridgehead atoms. The minimum Gasteiger partial charge on any atom is -0.477 e. The van der Waals surface area contributed by atoms with Gasteiger partial charge >= 0.3 is 5.97 Å². The van der Waals surface area contributed by atoms with Crippen LogP contribution in [0.5, 0.6) is 0 Å². The predicted octanol–water partition coefficient (Wildman–Crippen LogP) is -0.385. The highest BCUT2D eigenvalue weighted by atomic mass is 16.4. The predicted molar refractivity (Wildman–Crippen MR) is 57.0 cm³/mol. The summed E-state index contributed by atoms with van der Waals surface area (Å²) in [4.78, 5) is 25.4. The number of carbonyl (C=O) groups is 2. The van der Waals surface area contributed by atoms with Crippen molar-refractivity contribution in [3.8, 4) is 0 Å². The van der Waals surface area contributed by atoms with E-state index in [-0.39, 0.29) is 18.1 Å². The molecule has 0 saturated carbocycles. The van der Waals surface area contributed by atoms with Crippen molar-refractivity contribution < 1.29 is 14.7 Å². The lowest BCUT2D eigenvalue weighted by atomic mass is 10.2. The van der Waals surface area contributed by atoms with Crippen LogP contribution in [0.25, 0.3) is 0 Å². The first-order valence-electron chi connectivity index (χ1n) is 4.73. The van der Waals surface area contributed by atoms with Gasteiger partial charge in [0.1, 0.15) is 5.69 Å². The zero-order valence-electron chi connectivity index (χ0n) is 8.86. The number of hydrogen-bond donors (Lipinski definition) is 3. The van der Waals surface area contributed by atoms with Crippen LogP contribution in [0.1, 0.15) is 16.1 Å². The van der Waals surface area contributed by atoms with Crippen LogP contribution in [-0.2, 0) is 11.3 Å². The zero-order valence-corrected chi connectivity index (χ0v) is 8.86. The summed E-state index contributed by atoms with van der Waals surface area (Å²) in [6, 6.07) is 3.03. The van der Waals surface area contributed by atoms with E-state index in [2.05, 4.69) is 15.6 Å². The Morgan fingerprint density at radius 1 is 1.44 bits per heavy atom. The van der Waals surface area contributed by atoms with Gasteiger partial charge in [-0.15, -0.1) is 0 Å². The topological polar surface area (TPSA) is 91.3 Å². The van der Waals surface area contributed by atoms with Crippen molar-refractivity contribution in [3.05, 3.63) is 29.6 Å². The van der Waals surface area contributed by atoms with Crippen LogP contribution in [0.4, 0.5) is 0 Å². The van der Waals surface area contributed by atoms with Crippen LogP contribution in [-0.4, -0.2) is 35.6 Å². The third kappa shape index (κ3) is 3.66. The molecule has 1 rings (SSSR count). The summed E-state index contributed by atoms with van der Waals surface area (Å²) in [6.45, 7) is 0.591. The zero-order chi connectivity index (χ0) is 12.0. The molecule has 86 valence electrons. The number of rotatable bonds is 5. The molecule has 0 aliphatic rings. The van der Waals surface area contributed by atoms with E-state index in [4.69, 9.17) is 5.11 Å². The molecule has 1 heterocycles. The average molecular weight is 223 g/mol. The van der Waals surface area contributed by atoms with Gasteiger partial charge in [-0.1, -0.05) is 6.07 Å². The van der Waals surface area contributed by atoms with Gasteiger partial charge in [-0.3, -0.25) is 4.79 Å². The minimum absolute atomic E-state index is 0.00898. The smallest absolute Gasteiger partial charge is 0.354 e. The molecular formula is C10H13N3O3. The molecule has 6 nitrogen and oxygen atoms in total. The fourth-order valence-corrected chi connectivity index (χ4v) is 1.08. The number of pyridine rings is 1. The monoisotopic (exact) mass is 223 g/mol. The number of nitrogens with zero attached hydrogens (tertiary/aromatic N) is 1. The van der Waals surface area contributed by atoms with Gasteiger partial charge in [-0.05, 0) is 18.7 Å².